The summed E-state index contributed by atoms with van der Waals surface area (Å²) in [6, 6.07) is 2.06. The van der Waals surface area contributed by atoms with Crippen LogP contribution in [0.4, 0.5) is 11.8 Å². The van der Waals surface area contributed by atoms with Crippen molar-refractivity contribution in [3.8, 4) is 0 Å². The van der Waals surface area contributed by atoms with Crippen molar-refractivity contribution in [2.24, 2.45) is 17.7 Å². The van der Waals surface area contributed by atoms with Gasteiger partial charge in [0.05, 0.1) is 5.39 Å². The van der Waals surface area contributed by atoms with Gasteiger partial charge in [0, 0.05) is 6.54 Å². The highest BCUT2D eigenvalue weighted by molar-refractivity contribution is 7.16. The first-order valence-corrected chi connectivity index (χ1v) is 7.60. The summed E-state index contributed by atoms with van der Waals surface area (Å²) in [6.45, 7) is 3.31. The van der Waals surface area contributed by atoms with Gasteiger partial charge < -0.3 is 5.32 Å². The minimum Gasteiger partial charge on any atom is -0.369 e. The number of anilines is 2. The highest BCUT2D eigenvalue weighted by Crippen LogP contribution is 2.31. The number of hydrogen-bond acceptors (Lipinski definition) is 6. The number of hydrazine groups is 1. The van der Waals surface area contributed by atoms with Gasteiger partial charge >= 0.3 is 0 Å². The van der Waals surface area contributed by atoms with E-state index in [-0.39, 0.29) is 0 Å². The maximum Gasteiger partial charge on any atom is 0.240 e. The van der Waals surface area contributed by atoms with Gasteiger partial charge in [-0.25, -0.2) is 10.8 Å². The van der Waals surface area contributed by atoms with Crippen molar-refractivity contribution in [2.45, 2.75) is 26.2 Å². The summed E-state index contributed by atoms with van der Waals surface area (Å²) in [5.74, 6) is 8.39. The third kappa shape index (κ3) is 2.64. The van der Waals surface area contributed by atoms with E-state index in [0.29, 0.717) is 5.95 Å². The molecule has 2 aromatic heterocycles. The van der Waals surface area contributed by atoms with Crippen molar-refractivity contribution < 1.29 is 0 Å². The Labute approximate surface area is 116 Å². The monoisotopic (exact) mass is 277 g/mol. The van der Waals surface area contributed by atoms with Gasteiger partial charge in [0.2, 0.25) is 5.95 Å². The molecule has 2 atom stereocenters. The van der Waals surface area contributed by atoms with Gasteiger partial charge in [-0.3, -0.25) is 5.43 Å². The van der Waals surface area contributed by atoms with Gasteiger partial charge in [0.15, 0.2) is 0 Å². The van der Waals surface area contributed by atoms with Crippen LogP contribution in [0.3, 0.4) is 0 Å². The number of aromatic nitrogens is 2. The highest BCUT2D eigenvalue weighted by atomic mass is 32.1. The van der Waals surface area contributed by atoms with Crippen molar-refractivity contribution in [1.82, 2.24) is 9.97 Å². The van der Waals surface area contributed by atoms with Crippen LogP contribution in [-0.4, -0.2) is 16.5 Å². The largest absolute Gasteiger partial charge is 0.369 e. The van der Waals surface area contributed by atoms with E-state index >= 15 is 0 Å². The predicted octanol–water partition coefficient (Wildman–Crippen LogP) is 2.83. The van der Waals surface area contributed by atoms with Gasteiger partial charge in [-0.1, -0.05) is 13.3 Å². The standard InChI is InChI=1S/C13H19N5S/c1-8-2-3-9(6-8)7-15-11-10-4-5-19-12(10)17-13(16-11)18-14/h4-5,8-9H,2-3,6-7,14H2,1H3,(H2,15,16,17,18). The number of nitrogens with one attached hydrogen (secondary N) is 2. The Balaban J connectivity index is 1.77. The van der Waals surface area contributed by atoms with Crippen LogP contribution in [-0.2, 0) is 0 Å². The SMILES string of the molecule is CC1CCC(CNc2nc(NN)nc3sccc23)C1. The summed E-state index contributed by atoms with van der Waals surface area (Å²) in [6.07, 6.45) is 3.97. The Kier molecular flexibility index (Phi) is 3.52. The number of thiophene rings is 1. The molecule has 19 heavy (non-hydrogen) atoms. The molecule has 0 aliphatic heterocycles. The molecule has 3 rings (SSSR count). The summed E-state index contributed by atoms with van der Waals surface area (Å²) in [5.41, 5.74) is 2.53. The lowest BCUT2D eigenvalue weighted by Crippen LogP contribution is -2.15. The molecule has 1 saturated carbocycles. The van der Waals surface area contributed by atoms with Crippen LogP contribution in [0.25, 0.3) is 10.2 Å². The number of rotatable bonds is 4. The Morgan fingerprint density at radius 1 is 1.42 bits per heavy atom. The zero-order valence-electron chi connectivity index (χ0n) is 11.0. The Bertz CT molecular complexity index is 567. The molecule has 0 radical (unpaired) electrons. The molecule has 1 fully saturated rings. The molecular formula is C13H19N5S. The number of fused-ring (bicyclic) bond motifs is 1. The molecule has 0 aromatic carbocycles. The molecule has 102 valence electrons. The maximum atomic E-state index is 5.42. The molecule has 2 aromatic rings. The predicted molar refractivity (Wildman–Crippen MR) is 80.2 cm³/mol. The van der Waals surface area contributed by atoms with Gasteiger partial charge in [-0.15, -0.1) is 11.3 Å². The van der Waals surface area contributed by atoms with E-state index in [2.05, 4.69) is 33.7 Å². The lowest BCUT2D eigenvalue weighted by atomic mass is 10.1. The van der Waals surface area contributed by atoms with Gasteiger partial charge in [0.1, 0.15) is 10.6 Å². The van der Waals surface area contributed by atoms with Crippen molar-refractivity contribution >= 4 is 33.3 Å². The molecule has 0 saturated heterocycles. The quantitative estimate of drug-likeness (QED) is 0.592. The van der Waals surface area contributed by atoms with Gasteiger partial charge in [-0.2, -0.15) is 4.98 Å². The second kappa shape index (κ2) is 5.30. The first-order chi connectivity index (χ1) is 9.26. The van der Waals surface area contributed by atoms with Crippen LogP contribution in [0.5, 0.6) is 0 Å². The summed E-state index contributed by atoms with van der Waals surface area (Å²) < 4.78 is 0. The van der Waals surface area contributed by atoms with Crippen LogP contribution in [0, 0.1) is 11.8 Å². The Hall–Kier alpha value is -1.40. The maximum absolute atomic E-state index is 5.42. The van der Waals surface area contributed by atoms with Crippen LogP contribution in [0.15, 0.2) is 11.4 Å². The van der Waals surface area contributed by atoms with E-state index in [0.717, 1.165) is 34.4 Å². The van der Waals surface area contributed by atoms with E-state index in [4.69, 9.17) is 5.84 Å². The second-order valence-electron chi connectivity index (χ2n) is 5.34. The summed E-state index contributed by atoms with van der Waals surface area (Å²) >= 11 is 1.60. The number of nitrogen functional groups attached to an aromatic ring is 1. The fraction of sp³-hybridized carbons (Fsp3) is 0.538. The first-order valence-electron chi connectivity index (χ1n) is 6.72. The van der Waals surface area contributed by atoms with Crippen molar-refractivity contribution in [3.05, 3.63) is 11.4 Å². The van der Waals surface area contributed by atoms with Crippen molar-refractivity contribution in [1.29, 1.82) is 0 Å². The first kappa shape index (κ1) is 12.6. The lowest BCUT2D eigenvalue weighted by molar-refractivity contribution is 0.537. The minimum absolute atomic E-state index is 0.470. The second-order valence-corrected chi connectivity index (χ2v) is 6.24. The molecule has 2 unspecified atom stereocenters. The average Bonchev–Trinajstić information content (AvgIpc) is 3.04. The molecule has 5 nitrogen and oxygen atoms in total. The molecule has 4 N–H and O–H groups in total. The topological polar surface area (TPSA) is 75.9 Å². The van der Waals surface area contributed by atoms with E-state index in [1.807, 2.05) is 5.38 Å². The fourth-order valence-electron chi connectivity index (χ4n) is 2.81. The number of nitrogens with zero attached hydrogens (tertiary/aromatic N) is 2. The molecule has 1 aliphatic carbocycles. The molecule has 0 amide bonds. The molecule has 6 heteroatoms. The Morgan fingerprint density at radius 3 is 3.05 bits per heavy atom. The molecular weight excluding hydrogens is 258 g/mol. The van der Waals surface area contributed by atoms with Crippen molar-refractivity contribution in [2.75, 3.05) is 17.3 Å². The summed E-state index contributed by atoms with van der Waals surface area (Å²) in [5, 5.41) is 6.58. The third-order valence-corrected chi connectivity index (χ3v) is 4.62. The van der Waals surface area contributed by atoms with E-state index in [9.17, 15) is 0 Å². The van der Waals surface area contributed by atoms with Crippen LogP contribution in [0.1, 0.15) is 26.2 Å². The average molecular weight is 277 g/mol. The van der Waals surface area contributed by atoms with Crippen LogP contribution >= 0.6 is 11.3 Å². The molecule has 0 bridgehead atoms. The van der Waals surface area contributed by atoms with Gasteiger partial charge in [-0.05, 0) is 36.1 Å². The number of nitrogens with two attached hydrogens (primary N) is 1. The summed E-state index contributed by atoms with van der Waals surface area (Å²) in [7, 11) is 0. The smallest absolute Gasteiger partial charge is 0.240 e. The van der Waals surface area contributed by atoms with Gasteiger partial charge in [0.25, 0.3) is 0 Å². The van der Waals surface area contributed by atoms with Crippen molar-refractivity contribution in [3.63, 3.8) is 0 Å². The minimum atomic E-state index is 0.470. The van der Waals surface area contributed by atoms with Crippen LogP contribution in [0.2, 0.25) is 0 Å². The number of hydrogen-bond donors (Lipinski definition) is 3. The summed E-state index contributed by atoms with van der Waals surface area (Å²) in [4.78, 5) is 9.72. The normalized spacial score (nSPS) is 22.8. The van der Waals surface area contributed by atoms with E-state index in [1.54, 1.807) is 11.3 Å². The zero-order valence-corrected chi connectivity index (χ0v) is 11.8. The fourth-order valence-corrected chi connectivity index (χ4v) is 3.57. The van der Waals surface area contributed by atoms with Crippen LogP contribution < -0.4 is 16.6 Å². The van der Waals surface area contributed by atoms with E-state index < -0.39 is 0 Å². The highest BCUT2D eigenvalue weighted by Gasteiger charge is 2.21. The Morgan fingerprint density at radius 2 is 2.32 bits per heavy atom. The third-order valence-electron chi connectivity index (χ3n) is 3.82. The molecule has 0 spiro atoms. The molecule has 2 heterocycles. The lowest BCUT2D eigenvalue weighted by Gasteiger charge is -2.13. The molecule has 1 aliphatic rings. The zero-order chi connectivity index (χ0) is 13.2. The van der Waals surface area contributed by atoms with E-state index in [1.165, 1.54) is 19.3 Å².